The van der Waals surface area contributed by atoms with Crippen molar-refractivity contribution in [3.63, 3.8) is 0 Å². The maximum atomic E-state index is 12.4. The van der Waals surface area contributed by atoms with Crippen LogP contribution in [0.4, 0.5) is 0 Å². The van der Waals surface area contributed by atoms with E-state index in [-0.39, 0.29) is 17.5 Å². The van der Waals surface area contributed by atoms with Crippen LogP contribution in [0.15, 0.2) is 54.6 Å². The largest absolute Gasteiger partial charge is 0.312 e. The van der Waals surface area contributed by atoms with Crippen molar-refractivity contribution in [1.82, 2.24) is 5.32 Å². The highest BCUT2D eigenvalue weighted by Gasteiger charge is 2.20. The second kappa shape index (κ2) is 6.87. The summed E-state index contributed by atoms with van der Waals surface area (Å²) in [5.74, 6) is 0.180. The molecule has 1 unspecified atom stereocenters. The van der Waals surface area contributed by atoms with Crippen molar-refractivity contribution >= 4 is 9.84 Å². The van der Waals surface area contributed by atoms with Gasteiger partial charge in [0, 0.05) is 6.04 Å². The van der Waals surface area contributed by atoms with E-state index in [0.717, 1.165) is 11.1 Å². The number of aryl methyl sites for hydroxylation is 1. The minimum atomic E-state index is -3.17. The Balaban J connectivity index is 2.12. The number of hydrogen-bond donors (Lipinski definition) is 1. The van der Waals surface area contributed by atoms with Crippen molar-refractivity contribution in [2.45, 2.75) is 18.7 Å². The molecule has 0 aromatic heterocycles. The Hall–Kier alpha value is -1.65. The topological polar surface area (TPSA) is 46.2 Å². The zero-order chi connectivity index (χ0) is 15.3. The predicted octanol–water partition coefficient (Wildman–Crippen LogP) is 2.87. The fourth-order valence-electron chi connectivity index (χ4n) is 2.29. The van der Waals surface area contributed by atoms with Gasteiger partial charge in [-0.05, 0) is 25.1 Å². The quantitative estimate of drug-likeness (QED) is 0.892. The van der Waals surface area contributed by atoms with Crippen LogP contribution in [0.3, 0.4) is 0 Å². The van der Waals surface area contributed by atoms with Crippen LogP contribution in [0, 0.1) is 6.92 Å². The van der Waals surface area contributed by atoms with E-state index in [9.17, 15) is 8.42 Å². The van der Waals surface area contributed by atoms with Gasteiger partial charge in [-0.3, -0.25) is 0 Å². The predicted molar refractivity (Wildman–Crippen MR) is 86.9 cm³/mol. The molecular weight excluding hydrogens is 282 g/mol. The van der Waals surface area contributed by atoms with Crippen LogP contribution in [0.25, 0.3) is 0 Å². The number of sulfone groups is 1. The van der Waals surface area contributed by atoms with Crippen LogP contribution in [-0.4, -0.2) is 21.2 Å². The lowest BCUT2D eigenvalue weighted by Crippen LogP contribution is -2.26. The summed E-state index contributed by atoms with van der Waals surface area (Å²) in [6.07, 6.45) is 0. The molecule has 1 atom stereocenters. The van der Waals surface area contributed by atoms with Gasteiger partial charge < -0.3 is 5.32 Å². The third-order valence-corrected chi connectivity index (χ3v) is 5.09. The van der Waals surface area contributed by atoms with Gasteiger partial charge in [0.2, 0.25) is 0 Å². The van der Waals surface area contributed by atoms with Crippen molar-refractivity contribution < 1.29 is 8.42 Å². The summed E-state index contributed by atoms with van der Waals surface area (Å²) >= 11 is 0. The van der Waals surface area contributed by atoms with Gasteiger partial charge in [-0.15, -0.1) is 0 Å². The van der Waals surface area contributed by atoms with Gasteiger partial charge in [-0.2, -0.15) is 0 Å². The van der Waals surface area contributed by atoms with E-state index in [1.807, 2.05) is 61.5 Å². The Morgan fingerprint density at radius 2 is 1.62 bits per heavy atom. The molecule has 0 aliphatic rings. The summed E-state index contributed by atoms with van der Waals surface area (Å²) in [6, 6.07) is 17.1. The summed E-state index contributed by atoms with van der Waals surface area (Å²) in [7, 11) is -1.37. The van der Waals surface area contributed by atoms with E-state index < -0.39 is 9.84 Å². The van der Waals surface area contributed by atoms with Gasteiger partial charge in [0.25, 0.3) is 0 Å². The molecule has 112 valence electrons. The fourth-order valence-corrected chi connectivity index (χ4v) is 3.97. The van der Waals surface area contributed by atoms with Crippen LogP contribution in [0.5, 0.6) is 0 Å². The van der Waals surface area contributed by atoms with Gasteiger partial charge in [0.05, 0.1) is 11.5 Å². The first-order valence-electron chi connectivity index (χ1n) is 6.98. The summed E-state index contributed by atoms with van der Waals surface area (Å²) in [4.78, 5) is 0. The van der Waals surface area contributed by atoms with E-state index in [4.69, 9.17) is 0 Å². The molecule has 4 heteroatoms. The molecule has 2 aromatic rings. The molecule has 21 heavy (non-hydrogen) atoms. The first kappa shape index (κ1) is 15.7. The van der Waals surface area contributed by atoms with Gasteiger partial charge in [0.1, 0.15) is 0 Å². The van der Waals surface area contributed by atoms with Gasteiger partial charge >= 0.3 is 0 Å². The molecule has 0 spiro atoms. The van der Waals surface area contributed by atoms with Crippen LogP contribution in [0.1, 0.15) is 22.7 Å². The lowest BCUT2D eigenvalue weighted by atomic mass is 10.1. The molecule has 3 nitrogen and oxygen atoms in total. The molecule has 0 amide bonds. The average Bonchev–Trinajstić information content (AvgIpc) is 2.46. The molecule has 1 N–H and O–H groups in total. The molecule has 0 saturated carbocycles. The minimum absolute atomic E-state index is 0.0812. The number of rotatable bonds is 6. The molecular formula is C17H21NO2S. The number of nitrogens with one attached hydrogen (secondary N) is 1. The van der Waals surface area contributed by atoms with Crippen molar-refractivity contribution in [3.05, 3.63) is 71.3 Å². The summed E-state index contributed by atoms with van der Waals surface area (Å²) in [5.41, 5.74) is 3.00. The second-order valence-corrected chi connectivity index (χ2v) is 7.40. The van der Waals surface area contributed by atoms with E-state index in [1.54, 1.807) is 7.05 Å². The van der Waals surface area contributed by atoms with Crippen molar-refractivity contribution in [3.8, 4) is 0 Å². The first-order chi connectivity index (χ1) is 10.00. The van der Waals surface area contributed by atoms with E-state index >= 15 is 0 Å². The fraction of sp³-hybridized carbons (Fsp3) is 0.294. The number of hydrogen-bond acceptors (Lipinski definition) is 3. The molecule has 0 aliphatic heterocycles. The smallest absolute Gasteiger partial charge is 0.156 e. The third kappa shape index (κ3) is 4.69. The average molecular weight is 303 g/mol. The Bertz CT molecular complexity index is 664. The maximum absolute atomic E-state index is 12.4. The van der Waals surface area contributed by atoms with Crippen LogP contribution in [0.2, 0.25) is 0 Å². The summed E-state index contributed by atoms with van der Waals surface area (Å²) in [6.45, 7) is 2.02. The van der Waals surface area contributed by atoms with Crippen LogP contribution >= 0.6 is 0 Å². The van der Waals surface area contributed by atoms with Gasteiger partial charge in [-0.25, -0.2) is 8.42 Å². The highest BCUT2D eigenvalue weighted by Crippen LogP contribution is 2.18. The molecule has 0 fully saturated rings. The Morgan fingerprint density at radius 1 is 1.00 bits per heavy atom. The van der Waals surface area contributed by atoms with E-state index in [1.165, 1.54) is 5.56 Å². The molecule has 2 aromatic carbocycles. The highest BCUT2D eigenvalue weighted by molar-refractivity contribution is 7.90. The number of benzene rings is 2. The minimum Gasteiger partial charge on any atom is -0.312 e. The molecule has 2 rings (SSSR count). The lowest BCUT2D eigenvalue weighted by Gasteiger charge is -2.17. The maximum Gasteiger partial charge on any atom is 0.156 e. The normalized spacial score (nSPS) is 13.0. The van der Waals surface area contributed by atoms with E-state index in [0.29, 0.717) is 0 Å². The van der Waals surface area contributed by atoms with Crippen LogP contribution in [-0.2, 0) is 15.6 Å². The Morgan fingerprint density at radius 3 is 2.19 bits per heavy atom. The molecule has 0 saturated heterocycles. The standard InChI is InChI=1S/C17H21NO2S/c1-14-8-10-16(11-9-14)17(18-2)13-21(19,20)12-15-6-4-3-5-7-15/h3-11,17-18H,12-13H2,1-2H3. The van der Waals surface area contributed by atoms with Crippen LogP contribution < -0.4 is 5.32 Å². The third-order valence-electron chi connectivity index (χ3n) is 3.48. The van der Waals surface area contributed by atoms with Crippen molar-refractivity contribution in [1.29, 1.82) is 0 Å². The Kier molecular flexibility index (Phi) is 5.15. The molecule has 0 bridgehead atoms. The van der Waals surface area contributed by atoms with E-state index in [2.05, 4.69) is 5.32 Å². The molecule has 0 radical (unpaired) electrons. The molecule has 0 aliphatic carbocycles. The summed E-state index contributed by atoms with van der Waals surface area (Å²) in [5, 5.41) is 3.10. The monoisotopic (exact) mass is 303 g/mol. The summed E-state index contributed by atoms with van der Waals surface area (Å²) < 4.78 is 24.7. The Labute approximate surface area is 126 Å². The van der Waals surface area contributed by atoms with Crippen molar-refractivity contribution in [2.24, 2.45) is 0 Å². The highest BCUT2D eigenvalue weighted by atomic mass is 32.2. The lowest BCUT2D eigenvalue weighted by molar-refractivity contribution is 0.573. The second-order valence-electron chi connectivity index (χ2n) is 5.29. The van der Waals surface area contributed by atoms with Gasteiger partial charge in [-0.1, -0.05) is 60.2 Å². The van der Waals surface area contributed by atoms with Gasteiger partial charge in [0.15, 0.2) is 9.84 Å². The van der Waals surface area contributed by atoms with Crippen molar-refractivity contribution in [2.75, 3.05) is 12.8 Å². The molecule has 0 heterocycles. The first-order valence-corrected chi connectivity index (χ1v) is 8.80. The zero-order valence-electron chi connectivity index (χ0n) is 12.4. The zero-order valence-corrected chi connectivity index (χ0v) is 13.2. The SMILES string of the molecule is CNC(CS(=O)(=O)Cc1ccccc1)c1ccc(C)cc1.